The van der Waals surface area contributed by atoms with Crippen molar-refractivity contribution in [2.24, 2.45) is 5.73 Å². The molecule has 0 unspecified atom stereocenters. The second-order valence-electron chi connectivity index (χ2n) is 2.83. The van der Waals surface area contributed by atoms with E-state index in [4.69, 9.17) is 10.5 Å². The van der Waals surface area contributed by atoms with Crippen LogP contribution in [0.5, 0.6) is 5.75 Å². The Kier molecular flexibility index (Phi) is 3.82. The van der Waals surface area contributed by atoms with E-state index >= 15 is 0 Å². The first-order valence-corrected chi connectivity index (χ1v) is 4.38. The van der Waals surface area contributed by atoms with Gasteiger partial charge < -0.3 is 10.5 Å². The monoisotopic (exact) mass is 208 g/mol. The SMILES string of the molecule is COc1cc(/C=C/CN)ccc1[N+](=O)[O-]. The van der Waals surface area contributed by atoms with Gasteiger partial charge in [0.1, 0.15) is 0 Å². The maximum absolute atomic E-state index is 10.6. The summed E-state index contributed by atoms with van der Waals surface area (Å²) in [6.45, 7) is 0.430. The van der Waals surface area contributed by atoms with Crippen LogP contribution in [-0.4, -0.2) is 18.6 Å². The van der Waals surface area contributed by atoms with Crippen LogP contribution in [0, 0.1) is 10.1 Å². The summed E-state index contributed by atoms with van der Waals surface area (Å²) >= 11 is 0. The minimum absolute atomic E-state index is 0.0394. The van der Waals surface area contributed by atoms with E-state index in [9.17, 15) is 10.1 Å². The van der Waals surface area contributed by atoms with Gasteiger partial charge in [-0.1, -0.05) is 12.2 Å². The van der Waals surface area contributed by atoms with Crippen LogP contribution in [-0.2, 0) is 0 Å². The number of nitro groups is 1. The van der Waals surface area contributed by atoms with E-state index in [0.717, 1.165) is 5.56 Å². The number of benzene rings is 1. The first kappa shape index (κ1) is 11.2. The van der Waals surface area contributed by atoms with Crippen LogP contribution in [0.1, 0.15) is 5.56 Å². The number of nitro benzene ring substituents is 1. The Balaban J connectivity index is 3.07. The molecule has 0 aromatic heterocycles. The molecule has 5 heteroatoms. The van der Waals surface area contributed by atoms with Crippen molar-refractivity contribution in [1.29, 1.82) is 0 Å². The van der Waals surface area contributed by atoms with Crippen molar-refractivity contribution < 1.29 is 9.66 Å². The lowest BCUT2D eigenvalue weighted by Crippen LogP contribution is -1.94. The number of hydrogen-bond acceptors (Lipinski definition) is 4. The fourth-order valence-corrected chi connectivity index (χ4v) is 1.15. The van der Waals surface area contributed by atoms with Gasteiger partial charge in [0.25, 0.3) is 0 Å². The topological polar surface area (TPSA) is 78.4 Å². The Morgan fingerprint density at radius 2 is 2.33 bits per heavy atom. The molecule has 0 spiro atoms. The second kappa shape index (κ2) is 5.11. The van der Waals surface area contributed by atoms with Gasteiger partial charge in [-0.15, -0.1) is 0 Å². The van der Waals surface area contributed by atoms with E-state index in [2.05, 4.69) is 0 Å². The molecule has 0 atom stereocenters. The lowest BCUT2D eigenvalue weighted by molar-refractivity contribution is -0.385. The van der Waals surface area contributed by atoms with Gasteiger partial charge in [0.2, 0.25) is 0 Å². The molecule has 0 aliphatic rings. The molecule has 15 heavy (non-hydrogen) atoms. The van der Waals surface area contributed by atoms with Gasteiger partial charge in [-0.2, -0.15) is 0 Å². The molecule has 1 rings (SSSR count). The van der Waals surface area contributed by atoms with Crippen LogP contribution in [0.25, 0.3) is 6.08 Å². The van der Waals surface area contributed by atoms with Gasteiger partial charge >= 0.3 is 5.69 Å². The quantitative estimate of drug-likeness (QED) is 0.601. The zero-order chi connectivity index (χ0) is 11.3. The summed E-state index contributed by atoms with van der Waals surface area (Å²) in [5.74, 6) is 0.249. The summed E-state index contributed by atoms with van der Waals surface area (Å²) in [6, 6.07) is 4.66. The molecule has 80 valence electrons. The standard InChI is InChI=1S/C10H12N2O3/c1-15-10-7-8(3-2-6-11)4-5-9(10)12(13)14/h2-5,7H,6,11H2,1H3/b3-2+. The minimum Gasteiger partial charge on any atom is -0.490 e. The van der Waals surface area contributed by atoms with Crippen molar-refractivity contribution in [2.75, 3.05) is 13.7 Å². The predicted molar refractivity (Wildman–Crippen MR) is 57.7 cm³/mol. The fraction of sp³-hybridized carbons (Fsp3) is 0.200. The van der Waals surface area contributed by atoms with Crippen molar-refractivity contribution in [1.82, 2.24) is 0 Å². The average molecular weight is 208 g/mol. The summed E-state index contributed by atoms with van der Waals surface area (Å²) < 4.78 is 4.92. The molecule has 0 radical (unpaired) electrons. The first-order chi connectivity index (χ1) is 7.19. The zero-order valence-corrected chi connectivity index (χ0v) is 8.34. The van der Waals surface area contributed by atoms with Gasteiger partial charge in [0.05, 0.1) is 12.0 Å². The van der Waals surface area contributed by atoms with E-state index in [0.29, 0.717) is 6.54 Å². The van der Waals surface area contributed by atoms with E-state index in [1.54, 1.807) is 24.3 Å². The second-order valence-corrected chi connectivity index (χ2v) is 2.83. The minimum atomic E-state index is -0.477. The molecule has 0 aliphatic carbocycles. The van der Waals surface area contributed by atoms with Gasteiger partial charge in [0.15, 0.2) is 5.75 Å². The third-order valence-corrected chi connectivity index (χ3v) is 1.85. The molecular formula is C10H12N2O3. The van der Waals surface area contributed by atoms with Crippen molar-refractivity contribution in [3.8, 4) is 5.75 Å². The van der Waals surface area contributed by atoms with Crippen LogP contribution < -0.4 is 10.5 Å². The Morgan fingerprint density at radius 1 is 1.60 bits per heavy atom. The largest absolute Gasteiger partial charge is 0.490 e. The van der Waals surface area contributed by atoms with Crippen LogP contribution in [0.2, 0.25) is 0 Å². The third-order valence-electron chi connectivity index (χ3n) is 1.85. The summed E-state index contributed by atoms with van der Waals surface area (Å²) in [6.07, 6.45) is 3.55. The molecule has 1 aromatic carbocycles. The molecule has 0 amide bonds. The summed E-state index contributed by atoms with van der Waals surface area (Å²) in [5, 5.41) is 10.6. The van der Waals surface area contributed by atoms with Crippen molar-refractivity contribution >= 4 is 11.8 Å². The van der Waals surface area contributed by atoms with E-state index in [-0.39, 0.29) is 11.4 Å². The van der Waals surface area contributed by atoms with E-state index in [1.807, 2.05) is 0 Å². The summed E-state index contributed by atoms with van der Waals surface area (Å²) in [7, 11) is 1.40. The molecule has 5 nitrogen and oxygen atoms in total. The molecular weight excluding hydrogens is 196 g/mol. The van der Waals surface area contributed by atoms with Crippen molar-refractivity contribution in [2.45, 2.75) is 0 Å². The average Bonchev–Trinajstić information content (AvgIpc) is 2.25. The number of methoxy groups -OCH3 is 1. The molecule has 0 fully saturated rings. The molecule has 2 N–H and O–H groups in total. The molecule has 0 aliphatic heterocycles. The van der Waals surface area contributed by atoms with Crippen molar-refractivity contribution in [3.05, 3.63) is 40.0 Å². The van der Waals surface area contributed by atoms with Gasteiger partial charge in [0, 0.05) is 12.6 Å². The van der Waals surface area contributed by atoms with Gasteiger partial charge in [-0.05, 0) is 17.7 Å². The molecule has 0 bridgehead atoms. The van der Waals surface area contributed by atoms with Gasteiger partial charge in [-0.25, -0.2) is 0 Å². The number of nitrogens with zero attached hydrogens (tertiary/aromatic N) is 1. The number of ether oxygens (including phenoxy) is 1. The molecule has 1 aromatic rings. The van der Waals surface area contributed by atoms with E-state index in [1.165, 1.54) is 13.2 Å². The Labute approximate surface area is 87.3 Å². The number of hydrogen-bond donors (Lipinski definition) is 1. The molecule has 0 heterocycles. The normalized spacial score (nSPS) is 10.5. The maximum atomic E-state index is 10.6. The smallest absolute Gasteiger partial charge is 0.310 e. The first-order valence-electron chi connectivity index (χ1n) is 4.38. The highest BCUT2D eigenvalue weighted by atomic mass is 16.6. The van der Waals surface area contributed by atoms with Crippen LogP contribution in [0.4, 0.5) is 5.69 Å². The summed E-state index contributed by atoms with van der Waals surface area (Å²) in [5.41, 5.74) is 6.08. The highest BCUT2D eigenvalue weighted by Crippen LogP contribution is 2.27. The summed E-state index contributed by atoms with van der Waals surface area (Å²) in [4.78, 5) is 10.1. The fourth-order valence-electron chi connectivity index (χ4n) is 1.15. The van der Waals surface area contributed by atoms with Crippen LogP contribution in [0.3, 0.4) is 0 Å². The predicted octanol–water partition coefficient (Wildman–Crippen LogP) is 1.58. The molecule has 0 saturated carbocycles. The number of nitrogens with two attached hydrogens (primary N) is 1. The highest BCUT2D eigenvalue weighted by Gasteiger charge is 2.13. The van der Waals surface area contributed by atoms with E-state index < -0.39 is 4.92 Å². The van der Waals surface area contributed by atoms with Gasteiger partial charge in [-0.3, -0.25) is 10.1 Å². The third kappa shape index (κ3) is 2.78. The Bertz CT molecular complexity index is 388. The Hall–Kier alpha value is -1.88. The maximum Gasteiger partial charge on any atom is 0.310 e. The zero-order valence-electron chi connectivity index (χ0n) is 8.34. The lowest BCUT2D eigenvalue weighted by Gasteiger charge is -2.02. The van der Waals surface area contributed by atoms with Crippen molar-refractivity contribution in [3.63, 3.8) is 0 Å². The van der Waals surface area contributed by atoms with Crippen LogP contribution in [0.15, 0.2) is 24.3 Å². The highest BCUT2D eigenvalue weighted by molar-refractivity contribution is 5.58. The lowest BCUT2D eigenvalue weighted by atomic mass is 10.2. The van der Waals surface area contributed by atoms with Crippen LogP contribution >= 0.6 is 0 Å². The number of rotatable bonds is 4. The Morgan fingerprint density at radius 3 is 2.87 bits per heavy atom. The molecule has 0 saturated heterocycles.